The molecule has 0 amide bonds. The third-order valence-corrected chi connectivity index (χ3v) is 1.30. The summed E-state index contributed by atoms with van der Waals surface area (Å²) in [7, 11) is 3.26. The van der Waals surface area contributed by atoms with Crippen molar-refractivity contribution < 1.29 is 4.74 Å². The van der Waals surface area contributed by atoms with Crippen molar-refractivity contribution in [3.05, 3.63) is 31.4 Å². The van der Waals surface area contributed by atoms with Crippen LogP contribution in [0, 0.1) is 7.11 Å². The molecule has 0 saturated carbocycles. The van der Waals surface area contributed by atoms with E-state index in [4.69, 9.17) is 0 Å². The number of benzene rings is 1. The average molecular weight is 139 g/mol. The summed E-state index contributed by atoms with van der Waals surface area (Å²) in [4.78, 5) is 0.927. The fourth-order valence-corrected chi connectivity index (χ4v) is 0.691. The van der Waals surface area contributed by atoms with E-state index in [1.807, 2.05) is 24.3 Å². The van der Waals surface area contributed by atoms with Crippen molar-refractivity contribution in [2.45, 2.75) is 4.90 Å². The van der Waals surface area contributed by atoms with Crippen molar-refractivity contribution in [2.24, 2.45) is 0 Å². The molecule has 0 aliphatic heterocycles. The van der Waals surface area contributed by atoms with Crippen LogP contribution in [0.3, 0.4) is 0 Å². The first-order valence-electron chi connectivity index (χ1n) is 2.54. The van der Waals surface area contributed by atoms with Gasteiger partial charge in [-0.15, -0.1) is 12.6 Å². The van der Waals surface area contributed by atoms with Crippen LogP contribution in [0.2, 0.25) is 0 Å². The molecule has 0 bridgehead atoms. The van der Waals surface area contributed by atoms with Gasteiger partial charge >= 0.3 is 0 Å². The summed E-state index contributed by atoms with van der Waals surface area (Å²) in [5.41, 5.74) is 0. The molecule has 1 nitrogen and oxygen atoms in total. The van der Waals surface area contributed by atoms with Crippen LogP contribution in [0.4, 0.5) is 0 Å². The highest BCUT2D eigenvalue weighted by molar-refractivity contribution is 7.80. The van der Waals surface area contributed by atoms with Gasteiger partial charge in [-0.2, -0.15) is 0 Å². The van der Waals surface area contributed by atoms with E-state index in [1.165, 1.54) is 0 Å². The standard InChI is InChI=1S/C7H7OS/c1-8-6-2-4-7(9)5-3-6/h2-5,9H,1H2. The fraction of sp³-hybridized carbons (Fsp3) is 0. The maximum absolute atomic E-state index is 4.69. The summed E-state index contributed by atoms with van der Waals surface area (Å²) in [6.45, 7) is 0. The summed E-state index contributed by atoms with van der Waals surface area (Å²) in [5, 5.41) is 0. The van der Waals surface area contributed by atoms with Gasteiger partial charge in [-0.3, -0.25) is 0 Å². The Bertz CT molecular complexity index is 181. The lowest BCUT2D eigenvalue weighted by molar-refractivity contribution is 0.472. The Morgan fingerprint density at radius 3 is 2.22 bits per heavy atom. The second kappa shape index (κ2) is 2.78. The Balaban J connectivity index is 2.88. The lowest BCUT2D eigenvalue weighted by atomic mass is 10.3. The van der Waals surface area contributed by atoms with E-state index in [2.05, 4.69) is 24.5 Å². The molecule has 0 spiro atoms. The highest BCUT2D eigenvalue weighted by Crippen LogP contribution is 2.13. The molecule has 0 saturated heterocycles. The molecular weight excluding hydrogens is 132 g/mol. The van der Waals surface area contributed by atoms with E-state index < -0.39 is 0 Å². The van der Waals surface area contributed by atoms with Crippen molar-refractivity contribution in [1.82, 2.24) is 0 Å². The lowest BCUT2D eigenvalue weighted by Crippen LogP contribution is -1.76. The third-order valence-electron chi connectivity index (χ3n) is 1.00. The van der Waals surface area contributed by atoms with E-state index in [9.17, 15) is 0 Å². The van der Waals surface area contributed by atoms with Crippen LogP contribution in [0.15, 0.2) is 29.2 Å². The predicted molar refractivity (Wildman–Crippen MR) is 39.7 cm³/mol. The zero-order valence-corrected chi connectivity index (χ0v) is 5.77. The topological polar surface area (TPSA) is 9.23 Å². The van der Waals surface area contributed by atoms with Crippen LogP contribution in [-0.2, 0) is 0 Å². The van der Waals surface area contributed by atoms with Crippen LogP contribution < -0.4 is 4.74 Å². The molecule has 1 aromatic carbocycles. The second-order valence-electron chi connectivity index (χ2n) is 1.64. The first-order valence-corrected chi connectivity index (χ1v) is 2.98. The van der Waals surface area contributed by atoms with Gasteiger partial charge in [0.15, 0.2) is 0 Å². The Labute approximate surface area is 60.1 Å². The van der Waals surface area contributed by atoms with E-state index in [-0.39, 0.29) is 0 Å². The van der Waals surface area contributed by atoms with Gasteiger partial charge in [-0.25, -0.2) is 0 Å². The van der Waals surface area contributed by atoms with Gasteiger partial charge in [0.2, 0.25) is 0 Å². The number of hydrogen-bond donors (Lipinski definition) is 1. The Kier molecular flexibility index (Phi) is 2.01. The molecule has 2 heteroatoms. The van der Waals surface area contributed by atoms with Crippen molar-refractivity contribution >= 4 is 12.6 Å². The molecule has 0 atom stereocenters. The van der Waals surface area contributed by atoms with Gasteiger partial charge in [0.25, 0.3) is 0 Å². The van der Waals surface area contributed by atoms with Gasteiger partial charge < -0.3 is 4.74 Å². The van der Waals surface area contributed by atoms with Crippen molar-refractivity contribution in [2.75, 3.05) is 0 Å². The van der Waals surface area contributed by atoms with Crippen LogP contribution in [-0.4, -0.2) is 0 Å². The highest BCUT2D eigenvalue weighted by atomic mass is 32.1. The number of hydrogen-bond acceptors (Lipinski definition) is 2. The predicted octanol–water partition coefficient (Wildman–Crippen LogP) is 2.15. The molecule has 0 unspecified atom stereocenters. The smallest absolute Gasteiger partial charge is 0.122 e. The van der Waals surface area contributed by atoms with E-state index >= 15 is 0 Å². The molecule has 9 heavy (non-hydrogen) atoms. The third kappa shape index (κ3) is 1.64. The van der Waals surface area contributed by atoms with E-state index in [0.29, 0.717) is 0 Å². The normalized spacial score (nSPS) is 9.11. The number of thiol groups is 1. The summed E-state index contributed by atoms with van der Waals surface area (Å²) < 4.78 is 4.69. The highest BCUT2D eigenvalue weighted by Gasteiger charge is 1.86. The molecule has 0 aliphatic carbocycles. The van der Waals surface area contributed by atoms with Gasteiger partial charge in [-0.05, 0) is 24.3 Å². The van der Waals surface area contributed by atoms with Gasteiger partial charge in [0.05, 0.1) is 0 Å². The minimum absolute atomic E-state index is 0.757. The zero-order valence-electron chi connectivity index (χ0n) is 4.87. The molecule has 1 rings (SSSR count). The average Bonchev–Trinajstić information content (AvgIpc) is 1.90. The number of ether oxygens (including phenoxy) is 1. The summed E-state index contributed by atoms with van der Waals surface area (Å²) in [6.07, 6.45) is 0. The van der Waals surface area contributed by atoms with E-state index in [1.54, 1.807) is 0 Å². The second-order valence-corrected chi connectivity index (χ2v) is 2.15. The van der Waals surface area contributed by atoms with Gasteiger partial charge in [0.1, 0.15) is 12.9 Å². The Morgan fingerprint density at radius 1 is 1.22 bits per heavy atom. The molecule has 1 aromatic rings. The summed E-state index contributed by atoms with van der Waals surface area (Å²) >= 11 is 4.09. The van der Waals surface area contributed by atoms with Crippen LogP contribution in [0.5, 0.6) is 5.75 Å². The maximum atomic E-state index is 4.69. The molecular formula is C7H7OS. The molecule has 0 fully saturated rings. The summed E-state index contributed by atoms with van der Waals surface area (Å²) in [5.74, 6) is 0.757. The molecule has 0 aromatic heterocycles. The molecule has 0 aliphatic rings. The maximum Gasteiger partial charge on any atom is 0.122 e. The first kappa shape index (κ1) is 6.49. The van der Waals surface area contributed by atoms with Crippen molar-refractivity contribution in [1.29, 1.82) is 0 Å². The van der Waals surface area contributed by atoms with Gasteiger partial charge in [-0.1, -0.05) is 0 Å². The van der Waals surface area contributed by atoms with Gasteiger partial charge in [0, 0.05) is 4.90 Å². The quantitative estimate of drug-likeness (QED) is 0.586. The van der Waals surface area contributed by atoms with E-state index in [0.717, 1.165) is 10.6 Å². The molecule has 0 N–H and O–H groups in total. The largest absolute Gasteiger partial charge is 0.490 e. The lowest BCUT2D eigenvalue weighted by Gasteiger charge is -1.96. The van der Waals surface area contributed by atoms with Crippen molar-refractivity contribution in [3.8, 4) is 5.75 Å². The van der Waals surface area contributed by atoms with Crippen molar-refractivity contribution in [3.63, 3.8) is 0 Å². The zero-order chi connectivity index (χ0) is 6.69. The Hall–Kier alpha value is -0.630. The molecule has 0 heterocycles. The number of rotatable bonds is 1. The van der Waals surface area contributed by atoms with Crippen LogP contribution in [0.25, 0.3) is 0 Å². The minimum Gasteiger partial charge on any atom is -0.490 e. The first-order chi connectivity index (χ1) is 4.33. The van der Waals surface area contributed by atoms with Crippen LogP contribution >= 0.6 is 12.6 Å². The summed E-state index contributed by atoms with van der Waals surface area (Å²) in [6, 6.07) is 7.33. The fourth-order valence-electron chi connectivity index (χ4n) is 0.542. The van der Waals surface area contributed by atoms with Crippen LogP contribution in [0.1, 0.15) is 0 Å². The Morgan fingerprint density at radius 2 is 1.78 bits per heavy atom. The molecule has 1 radical (unpaired) electrons. The monoisotopic (exact) mass is 139 g/mol. The molecule has 47 valence electrons. The SMILES string of the molecule is [CH2]Oc1ccc(S)cc1. The minimum atomic E-state index is 0.757.